The Morgan fingerprint density at radius 2 is 1.84 bits per heavy atom. The third-order valence-electron chi connectivity index (χ3n) is 6.93. The van der Waals surface area contributed by atoms with E-state index in [2.05, 4.69) is 16.3 Å². The van der Waals surface area contributed by atoms with Gasteiger partial charge in [0.2, 0.25) is 0 Å². The first-order valence-electron chi connectivity index (χ1n) is 10.7. The second kappa shape index (κ2) is 8.62. The molecule has 0 radical (unpaired) electrons. The lowest BCUT2D eigenvalue weighted by Gasteiger charge is -2.48. The second-order valence-corrected chi connectivity index (χ2v) is 9.90. The number of halogens is 2. The molecular weight excluding hydrogens is 435 g/mol. The lowest BCUT2D eigenvalue weighted by molar-refractivity contribution is -0.145. The molecule has 1 heterocycles. The lowest BCUT2D eigenvalue weighted by atomic mass is 9.69. The molecule has 3 N–H and O–H groups in total. The maximum Gasteiger partial charge on any atom is 0.329 e. The number of anilines is 1. The van der Waals surface area contributed by atoms with Crippen molar-refractivity contribution in [1.29, 1.82) is 0 Å². The van der Waals surface area contributed by atoms with Gasteiger partial charge in [0.25, 0.3) is 0 Å². The number of fused-ring (bicyclic) bond motifs is 2. The highest BCUT2D eigenvalue weighted by molar-refractivity contribution is 6.31. The molecule has 1 saturated carbocycles. The first-order valence-corrected chi connectivity index (χ1v) is 11.5. The minimum Gasteiger partial charge on any atom is -0.480 e. The number of benzene rings is 2. The maximum absolute atomic E-state index is 12.4. The number of rotatable bonds is 6. The molecule has 2 aromatic carbocycles. The third-order valence-corrected chi connectivity index (χ3v) is 7.40. The summed E-state index contributed by atoms with van der Waals surface area (Å²) in [4.78, 5) is 14.8. The van der Waals surface area contributed by atoms with E-state index in [0.717, 1.165) is 18.8 Å². The first kappa shape index (κ1) is 22.4. The molecule has 1 fully saturated rings. The van der Waals surface area contributed by atoms with Crippen LogP contribution in [0.3, 0.4) is 0 Å². The van der Waals surface area contributed by atoms with Gasteiger partial charge in [-0.2, -0.15) is 0 Å². The van der Waals surface area contributed by atoms with Crippen molar-refractivity contribution < 1.29 is 15.0 Å². The van der Waals surface area contributed by atoms with E-state index >= 15 is 0 Å². The summed E-state index contributed by atoms with van der Waals surface area (Å²) in [6.07, 6.45) is 2.39. The van der Waals surface area contributed by atoms with Gasteiger partial charge in [-0.05, 0) is 73.1 Å². The van der Waals surface area contributed by atoms with Gasteiger partial charge in [-0.15, -0.1) is 0 Å². The standard InChI is InChI=1S/C24H28Cl2N2O3/c1-16(15-29)13-28-14-17-11-19(26)5-6-21(17)24(28)9-7-23(8-10-24,22(30)31)27-20-4-2-3-18(25)12-20/h2-6,11-12,16,27,29H,7-10,13-15H2,1H3,(H,30,31)/t16-,23?,24?/m1/s1. The fraction of sp³-hybridized carbons (Fsp3) is 0.458. The molecule has 1 atom stereocenters. The average Bonchev–Trinajstić information content (AvgIpc) is 3.01. The first-order chi connectivity index (χ1) is 14.8. The fourth-order valence-electron chi connectivity index (χ4n) is 5.26. The van der Waals surface area contributed by atoms with E-state index in [9.17, 15) is 15.0 Å². The molecule has 7 heteroatoms. The molecule has 1 aliphatic carbocycles. The minimum atomic E-state index is -1.04. The quantitative estimate of drug-likeness (QED) is 0.553. The van der Waals surface area contributed by atoms with E-state index < -0.39 is 11.5 Å². The zero-order chi connectivity index (χ0) is 22.2. The van der Waals surface area contributed by atoms with Crippen molar-refractivity contribution in [3.63, 3.8) is 0 Å². The molecule has 0 amide bonds. The topological polar surface area (TPSA) is 72.8 Å². The Hall–Kier alpha value is -1.79. The predicted molar refractivity (Wildman–Crippen MR) is 124 cm³/mol. The van der Waals surface area contributed by atoms with Gasteiger partial charge < -0.3 is 15.5 Å². The minimum absolute atomic E-state index is 0.124. The zero-order valence-electron chi connectivity index (χ0n) is 17.6. The van der Waals surface area contributed by atoms with Gasteiger partial charge in [0.05, 0.1) is 0 Å². The Kier molecular flexibility index (Phi) is 6.23. The van der Waals surface area contributed by atoms with Crippen molar-refractivity contribution >= 4 is 34.9 Å². The SMILES string of the molecule is C[C@@H](CO)CN1Cc2cc(Cl)ccc2C12CCC(Nc1cccc(Cl)c1)(C(=O)O)CC2. The molecule has 0 aromatic heterocycles. The summed E-state index contributed by atoms with van der Waals surface area (Å²) in [5, 5.41) is 24.4. The largest absolute Gasteiger partial charge is 0.480 e. The molecule has 2 aromatic rings. The number of hydrogen-bond donors (Lipinski definition) is 3. The van der Waals surface area contributed by atoms with Gasteiger partial charge in [0, 0.05) is 41.0 Å². The van der Waals surface area contributed by atoms with Crippen LogP contribution in [0.1, 0.15) is 43.7 Å². The second-order valence-electron chi connectivity index (χ2n) is 9.02. The summed E-state index contributed by atoms with van der Waals surface area (Å²) < 4.78 is 0. The van der Waals surface area contributed by atoms with Crippen molar-refractivity contribution in [3.05, 3.63) is 63.6 Å². The van der Waals surface area contributed by atoms with E-state index in [4.69, 9.17) is 23.2 Å². The Morgan fingerprint density at radius 1 is 1.13 bits per heavy atom. The van der Waals surface area contributed by atoms with Crippen LogP contribution in [0.2, 0.25) is 10.0 Å². The number of hydrogen-bond acceptors (Lipinski definition) is 4. The van der Waals surface area contributed by atoms with Crippen LogP contribution < -0.4 is 5.32 Å². The van der Waals surface area contributed by atoms with Gasteiger partial charge in [-0.1, -0.05) is 42.3 Å². The van der Waals surface area contributed by atoms with Crippen molar-refractivity contribution in [3.8, 4) is 0 Å². The predicted octanol–water partition coefficient (Wildman–Crippen LogP) is 5.14. The van der Waals surface area contributed by atoms with E-state index in [0.29, 0.717) is 35.7 Å². The molecule has 1 aliphatic heterocycles. The number of aliphatic hydroxyl groups is 1. The molecule has 1 spiro atoms. The summed E-state index contributed by atoms with van der Waals surface area (Å²) in [6, 6.07) is 13.2. The van der Waals surface area contributed by atoms with Crippen LogP contribution in [0.15, 0.2) is 42.5 Å². The van der Waals surface area contributed by atoms with Crippen LogP contribution >= 0.6 is 23.2 Å². The van der Waals surface area contributed by atoms with Crippen LogP contribution in [-0.4, -0.2) is 39.8 Å². The van der Waals surface area contributed by atoms with Crippen LogP contribution in [0.5, 0.6) is 0 Å². The van der Waals surface area contributed by atoms with E-state index in [1.807, 2.05) is 31.2 Å². The third kappa shape index (κ3) is 4.17. The smallest absolute Gasteiger partial charge is 0.329 e. The highest BCUT2D eigenvalue weighted by atomic mass is 35.5. The van der Waals surface area contributed by atoms with Crippen molar-refractivity contribution in [2.45, 2.75) is 50.2 Å². The Labute approximate surface area is 193 Å². The Bertz CT molecular complexity index is 973. The van der Waals surface area contributed by atoms with Crippen LogP contribution in [-0.2, 0) is 16.9 Å². The molecule has 166 valence electrons. The van der Waals surface area contributed by atoms with E-state index in [-0.39, 0.29) is 18.1 Å². The molecule has 31 heavy (non-hydrogen) atoms. The Balaban J connectivity index is 1.64. The number of nitrogens with one attached hydrogen (secondary N) is 1. The van der Waals surface area contributed by atoms with Crippen molar-refractivity contribution in [2.24, 2.45) is 5.92 Å². The highest BCUT2D eigenvalue weighted by Gasteiger charge is 2.53. The lowest BCUT2D eigenvalue weighted by Crippen LogP contribution is -2.55. The summed E-state index contributed by atoms with van der Waals surface area (Å²) >= 11 is 12.4. The fourth-order valence-corrected chi connectivity index (χ4v) is 5.64. The number of nitrogens with zero attached hydrogens (tertiary/aromatic N) is 1. The summed E-state index contributed by atoms with van der Waals surface area (Å²) in [5.41, 5.74) is 1.87. The summed E-state index contributed by atoms with van der Waals surface area (Å²) in [5.74, 6) is -0.704. The van der Waals surface area contributed by atoms with E-state index in [1.54, 1.807) is 12.1 Å². The van der Waals surface area contributed by atoms with Gasteiger partial charge in [0.1, 0.15) is 5.54 Å². The highest BCUT2D eigenvalue weighted by Crippen LogP contribution is 2.52. The van der Waals surface area contributed by atoms with Gasteiger partial charge in [0.15, 0.2) is 0 Å². The zero-order valence-corrected chi connectivity index (χ0v) is 19.1. The molecule has 0 bridgehead atoms. The Morgan fingerprint density at radius 3 is 2.48 bits per heavy atom. The molecule has 5 nitrogen and oxygen atoms in total. The average molecular weight is 463 g/mol. The number of aliphatic carboxylic acids is 1. The summed E-state index contributed by atoms with van der Waals surface area (Å²) in [6.45, 7) is 3.68. The molecular formula is C24H28Cl2N2O3. The van der Waals surface area contributed by atoms with E-state index in [1.165, 1.54) is 11.1 Å². The normalized spacial score (nSPS) is 26.6. The monoisotopic (exact) mass is 462 g/mol. The van der Waals surface area contributed by atoms with Crippen LogP contribution in [0.4, 0.5) is 5.69 Å². The van der Waals surface area contributed by atoms with Crippen molar-refractivity contribution in [2.75, 3.05) is 18.5 Å². The molecule has 0 unspecified atom stereocenters. The molecule has 4 rings (SSSR count). The van der Waals surface area contributed by atoms with Crippen LogP contribution in [0.25, 0.3) is 0 Å². The molecule has 0 saturated heterocycles. The van der Waals surface area contributed by atoms with Crippen LogP contribution in [0, 0.1) is 5.92 Å². The summed E-state index contributed by atoms with van der Waals surface area (Å²) in [7, 11) is 0. The van der Waals surface area contributed by atoms with Gasteiger partial charge >= 0.3 is 5.97 Å². The van der Waals surface area contributed by atoms with Gasteiger partial charge in [-0.25, -0.2) is 4.79 Å². The molecule has 2 aliphatic rings. The van der Waals surface area contributed by atoms with Crippen molar-refractivity contribution in [1.82, 2.24) is 4.90 Å². The number of aliphatic hydroxyl groups excluding tert-OH is 1. The van der Waals surface area contributed by atoms with Gasteiger partial charge in [-0.3, -0.25) is 4.90 Å². The number of carbonyl (C=O) groups is 1. The number of carboxylic acids is 1. The number of carboxylic acid groups (broad SMARTS) is 1. The maximum atomic E-state index is 12.4.